The van der Waals surface area contributed by atoms with Crippen LogP contribution in [0.1, 0.15) is 38.7 Å². The van der Waals surface area contributed by atoms with Crippen LogP contribution < -0.4 is 5.32 Å². The molecule has 17 heavy (non-hydrogen) atoms. The van der Waals surface area contributed by atoms with Crippen LogP contribution in [0.3, 0.4) is 0 Å². The Hall–Kier alpha value is -0.240. The molecular weight excluding hydrogens is 253 g/mol. The summed E-state index contributed by atoms with van der Waals surface area (Å²) in [5, 5.41) is 5.07. The third kappa shape index (κ3) is 5.76. The zero-order valence-electron chi connectivity index (χ0n) is 10.6. The van der Waals surface area contributed by atoms with Crippen LogP contribution in [0.25, 0.3) is 0 Å². The molecule has 0 saturated heterocycles. The Labute approximate surface area is 115 Å². The molecule has 0 fully saturated rings. The Bertz CT molecular complexity index is 339. The zero-order valence-corrected chi connectivity index (χ0v) is 12.1. The van der Waals surface area contributed by atoms with Crippen molar-refractivity contribution < 1.29 is 0 Å². The predicted octanol–water partition coefficient (Wildman–Crippen LogP) is 4.70. The SMILES string of the molecule is CCCNC(C)CCCc1cc(Cl)ccc1Cl. The Morgan fingerprint density at radius 3 is 2.76 bits per heavy atom. The standard InChI is InChI=1S/C14H21Cl2N/c1-3-9-17-11(2)5-4-6-12-10-13(15)7-8-14(12)16/h7-8,10-11,17H,3-6,9H2,1-2H3. The van der Waals surface area contributed by atoms with Crippen molar-refractivity contribution in [2.75, 3.05) is 6.54 Å². The van der Waals surface area contributed by atoms with Crippen LogP contribution in [0.4, 0.5) is 0 Å². The maximum absolute atomic E-state index is 6.12. The monoisotopic (exact) mass is 273 g/mol. The van der Waals surface area contributed by atoms with Gasteiger partial charge in [-0.1, -0.05) is 30.1 Å². The molecule has 1 unspecified atom stereocenters. The third-order valence-corrected chi connectivity index (χ3v) is 3.44. The van der Waals surface area contributed by atoms with Gasteiger partial charge < -0.3 is 5.32 Å². The van der Waals surface area contributed by atoms with Crippen molar-refractivity contribution in [3.63, 3.8) is 0 Å². The summed E-state index contributed by atoms with van der Waals surface area (Å²) in [6.07, 6.45) is 4.49. The number of hydrogen-bond donors (Lipinski definition) is 1. The van der Waals surface area contributed by atoms with Crippen LogP contribution in [-0.2, 0) is 6.42 Å². The molecule has 1 rings (SSSR count). The van der Waals surface area contributed by atoms with Crippen molar-refractivity contribution in [1.29, 1.82) is 0 Å². The number of benzene rings is 1. The topological polar surface area (TPSA) is 12.0 Å². The Balaban J connectivity index is 2.32. The first kappa shape index (κ1) is 14.8. The quantitative estimate of drug-likeness (QED) is 0.759. The van der Waals surface area contributed by atoms with Crippen LogP contribution in [-0.4, -0.2) is 12.6 Å². The zero-order chi connectivity index (χ0) is 12.7. The van der Waals surface area contributed by atoms with Crippen LogP contribution in [0.15, 0.2) is 18.2 Å². The van der Waals surface area contributed by atoms with E-state index in [4.69, 9.17) is 23.2 Å². The molecule has 1 atom stereocenters. The van der Waals surface area contributed by atoms with Crippen LogP contribution in [0.5, 0.6) is 0 Å². The summed E-state index contributed by atoms with van der Waals surface area (Å²) >= 11 is 12.1. The smallest absolute Gasteiger partial charge is 0.0439 e. The molecule has 0 radical (unpaired) electrons. The first-order chi connectivity index (χ1) is 8.13. The number of rotatable bonds is 7. The van der Waals surface area contributed by atoms with E-state index in [1.54, 1.807) is 0 Å². The fourth-order valence-electron chi connectivity index (χ4n) is 1.83. The Kier molecular flexibility index (Phi) is 6.94. The lowest BCUT2D eigenvalue weighted by Crippen LogP contribution is -2.26. The molecule has 3 heteroatoms. The molecule has 1 nitrogen and oxygen atoms in total. The summed E-state index contributed by atoms with van der Waals surface area (Å²) in [5.41, 5.74) is 1.15. The van der Waals surface area contributed by atoms with Crippen molar-refractivity contribution in [3.8, 4) is 0 Å². The van der Waals surface area contributed by atoms with Crippen LogP contribution in [0, 0.1) is 0 Å². The molecule has 0 aliphatic rings. The van der Waals surface area contributed by atoms with Gasteiger partial charge in [0.1, 0.15) is 0 Å². The molecule has 0 amide bonds. The highest BCUT2D eigenvalue weighted by Gasteiger charge is 2.04. The second-order valence-electron chi connectivity index (χ2n) is 4.48. The lowest BCUT2D eigenvalue weighted by Gasteiger charge is -2.13. The van der Waals surface area contributed by atoms with E-state index in [0.717, 1.165) is 35.0 Å². The average molecular weight is 274 g/mol. The highest BCUT2D eigenvalue weighted by molar-refractivity contribution is 6.33. The molecule has 1 N–H and O–H groups in total. The number of nitrogens with one attached hydrogen (secondary N) is 1. The van der Waals surface area contributed by atoms with Gasteiger partial charge in [-0.25, -0.2) is 0 Å². The average Bonchev–Trinajstić information content (AvgIpc) is 2.31. The molecule has 0 aromatic heterocycles. The van der Waals surface area contributed by atoms with Crippen molar-refractivity contribution in [2.24, 2.45) is 0 Å². The minimum Gasteiger partial charge on any atom is -0.314 e. The van der Waals surface area contributed by atoms with Gasteiger partial charge in [0.2, 0.25) is 0 Å². The molecule has 0 aliphatic carbocycles. The van der Waals surface area contributed by atoms with E-state index in [-0.39, 0.29) is 0 Å². The van der Waals surface area contributed by atoms with E-state index in [2.05, 4.69) is 19.2 Å². The molecule has 0 spiro atoms. The molecule has 0 saturated carbocycles. The first-order valence-electron chi connectivity index (χ1n) is 6.30. The summed E-state index contributed by atoms with van der Waals surface area (Å²) in [4.78, 5) is 0. The van der Waals surface area contributed by atoms with Crippen LogP contribution >= 0.6 is 23.2 Å². The van der Waals surface area contributed by atoms with Gasteiger partial charge in [0.05, 0.1) is 0 Å². The van der Waals surface area contributed by atoms with Gasteiger partial charge in [-0.2, -0.15) is 0 Å². The number of halogens is 2. The van der Waals surface area contributed by atoms with Gasteiger partial charge >= 0.3 is 0 Å². The molecule has 0 heterocycles. The fraction of sp³-hybridized carbons (Fsp3) is 0.571. The molecular formula is C14H21Cl2N. The van der Waals surface area contributed by atoms with Crippen molar-refractivity contribution in [3.05, 3.63) is 33.8 Å². The van der Waals surface area contributed by atoms with E-state index < -0.39 is 0 Å². The molecule has 0 aliphatic heterocycles. The fourth-order valence-corrected chi connectivity index (χ4v) is 2.23. The van der Waals surface area contributed by atoms with E-state index in [9.17, 15) is 0 Å². The van der Waals surface area contributed by atoms with Crippen molar-refractivity contribution in [1.82, 2.24) is 5.32 Å². The third-order valence-electron chi connectivity index (χ3n) is 2.83. The lowest BCUT2D eigenvalue weighted by molar-refractivity contribution is 0.498. The summed E-state index contributed by atoms with van der Waals surface area (Å²) in [6, 6.07) is 6.25. The molecule has 0 bridgehead atoms. The Morgan fingerprint density at radius 2 is 2.06 bits per heavy atom. The maximum Gasteiger partial charge on any atom is 0.0439 e. The van der Waals surface area contributed by atoms with E-state index in [1.807, 2.05) is 18.2 Å². The van der Waals surface area contributed by atoms with E-state index in [1.165, 1.54) is 12.8 Å². The predicted molar refractivity (Wildman–Crippen MR) is 77.2 cm³/mol. The van der Waals surface area contributed by atoms with Gasteiger partial charge in [-0.15, -0.1) is 0 Å². The summed E-state index contributed by atoms with van der Waals surface area (Å²) < 4.78 is 0. The highest BCUT2D eigenvalue weighted by atomic mass is 35.5. The lowest BCUT2D eigenvalue weighted by atomic mass is 10.1. The number of hydrogen-bond acceptors (Lipinski definition) is 1. The van der Waals surface area contributed by atoms with Crippen molar-refractivity contribution >= 4 is 23.2 Å². The minimum absolute atomic E-state index is 0.577. The summed E-state index contributed by atoms with van der Waals surface area (Å²) in [7, 11) is 0. The number of aryl methyl sites for hydroxylation is 1. The largest absolute Gasteiger partial charge is 0.314 e. The Morgan fingerprint density at radius 1 is 1.29 bits per heavy atom. The molecule has 1 aromatic carbocycles. The van der Waals surface area contributed by atoms with Gasteiger partial charge in [-0.3, -0.25) is 0 Å². The van der Waals surface area contributed by atoms with E-state index >= 15 is 0 Å². The summed E-state index contributed by atoms with van der Waals surface area (Å²) in [6.45, 7) is 5.51. The summed E-state index contributed by atoms with van der Waals surface area (Å²) in [5.74, 6) is 0. The first-order valence-corrected chi connectivity index (χ1v) is 7.06. The second-order valence-corrected chi connectivity index (χ2v) is 5.33. The van der Waals surface area contributed by atoms with Crippen molar-refractivity contribution in [2.45, 2.75) is 45.6 Å². The maximum atomic E-state index is 6.12. The normalized spacial score (nSPS) is 12.7. The second kappa shape index (κ2) is 7.97. The van der Waals surface area contributed by atoms with Gasteiger partial charge in [0, 0.05) is 16.1 Å². The molecule has 96 valence electrons. The van der Waals surface area contributed by atoms with Gasteiger partial charge in [-0.05, 0) is 62.9 Å². The van der Waals surface area contributed by atoms with Crippen LogP contribution in [0.2, 0.25) is 10.0 Å². The van der Waals surface area contributed by atoms with Gasteiger partial charge in [0.15, 0.2) is 0 Å². The molecule has 1 aromatic rings. The highest BCUT2D eigenvalue weighted by Crippen LogP contribution is 2.22. The van der Waals surface area contributed by atoms with E-state index in [0.29, 0.717) is 6.04 Å². The minimum atomic E-state index is 0.577. The van der Waals surface area contributed by atoms with Gasteiger partial charge in [0.25, 0.3) is 0 Å².